The number of hydrogen-bond acceptors (Lipinski definition) is 5. The Morgan fingerprint density at radius 1 is 0.667 bits per heavy atom. The van der Waals surface area contributed by atoms with Gasteiger partial charge in [0.25, 0.3) is 11.8 Å². The summed E-state index contributed by atoms with van der Waals surface area (Å²) < 4.78 is 5.77. The molecule has 0 unspecified atom stereocenters. The van der Waals surface area contributed by atoms with E-state index in [9.17, 15) is 14.4 Å². The number of piperidine rings is 1. The molecular formula is C35H41N3O4. The number of hydrogen-bond donors (Lipinski definition) is 1. The number of amides is 3. The van der Waals surface area contributed by atoms with Crippen LogP contribution in [0.25, 0.3) is 11.1 Å². The number of likely N-dealkylation sites (tertiary alicyclic amines) is 1. The minimum atomic E-state index is -0.388. The summed E-state index contributed by atoms with van der Waals surface area (Å²) in [6, 6.07) is 24.9. The van der Waals surface area contributed by atoms with Crippen molar-refractivity contribution in [2.45, 2.75) is 63.9 Å². The smallest absolute Gasteiger partial charge is 0.411 e. The Balaban J connectivity index is 0.900. The summed E-state index contributed by atoms with van der Waals surface area (Å²) in [5.74, 6) is -0.307. The predicted octanol–water partition coefficient (Wildman–Crippen LogP) is 7.39. The topological polar surface area (TPSA) is 79.0 Å². The average molecular weight is 568 g/mol. The summed E-state index contributed by atoms with van der Waals surface area (Å²) in [5.41, 5.74) is 3.86. The van der Waals surface area contributed by atoms with Crippen LogP contribution in [0.4, 0.5) is 10.5 Å². The predicted molar refractivity (Wildman–Crippen MR) is 166 cm³/mol. The summed E-state index contributed by atoms with van der Waals surface area (Å²) in [5, 5.41) is 2.95. The van der Waals surface area contributed by atoms with Crippen LogP contribution >= 0.6 is 0 Å². The first kappa shape index (κ1) is 29.5. The fourth-order valence-corrected chi connectivity index (χ4v) is 5.93. The van der Waals surface area contributed by atoms with Crippen LogP contribution in [0.1, 0.15) is 78.5 Å². The van der Waals surface area contributed by atoms with E-state index in [2.05, 4.69) is 10.2 Å². The molecule has 0 radical (unpaired) electrons. The van der Waals surface area contributed by atoms with E-state index in [4.69, 9.17) is 4.74 Å². The van der Waals surface area contributed by atoms with Gasteiger partial charge in [0.1, 0.15) is 6.10 Å². The average Bonchev–Trinajstić information content (AvgIpc) is 3.26. The van der Waals surface area contributed by atoms with Crippen LogP contribution in [0.3, 0.4) is 0 Å². The van der Waals surface area contributed by atoms with Crippen molar-refractivity contribution in [2.75, 3.05) is 31.5 Å². The van der Waals surface area contributed by atoms with E-state index in [1.54, 1.807) is 24.3 Å². The van der Waals surface area contributed by atoms with Gasteiger partial charge < -0.3 is 9.64 Å². The number of rotatable bonds is 13. The van der Waals surface area contributed by atoms with E-state index < -0.39 is 0 Å². The summed E-state index contributed by atoms with van der Waals surface area (Å²) in [6.45, 7) is 3.50. The number of imide groups is 1. The second kappa shape index (κ2) is 14.8. The standard InChI is InChI=1S/C35H41N3O4/c39-33-30-18-9-10-19-31(30)34(40)38(33)24-14-5-3-1-2-4-13-23-37-25-21-28(22-26-37)42-35(41)36-32-20-12-11-17-29(32)27-15-7-6-8-16-27/h6-12,15-20,28H,1-5,13-14,21-26H2,(H,36,41). The van der Waals surface area contributed by atoms with Gasteiger partial charge in [0.2, 0.25) is 0 Å². The van der Waals surface area contributed by atoms with Gasteiger partial charge >= 0.3 is 6.09 Å². The molecule has 1 N–H and O–H groups in total. The second-order valence-corrected chi connectivity index (χ2v) is 11.3. The molecule has 2 heterocycles. The first-order valence-corrected chi connectivity index (χ1v) is 15.4. The third-order valence-electron chi connectivity index (χ3n) is 8.29. The van der Waals surface area contributed by atoms with Crippen molar-refractivity contribution in [1.29, 1.82) is 0 Å². The molecule has 1 saturated heterocycles. The maximum absolute atomic E-state index is 12.6. The number of unbranched alkanes of at least 4 members (excludes halogenated alkanes) is 6. The molecule has 3 amide bonds. The monoisotopic (exact) mass is 567 g/mol. The minimum Gasteiger partial charge on any atom is -0.446 e. The zero-order valence-electron chi connectivity index (χ0n) is 24.3. The van der Waals surface area contributed by atoms with Crippen molar-refractivity contribution in [3.8, 4) is 11.1 Å². The van der Waals surface area contributed by atoms with Crippen molar-refractivity contribution in [2.24, 2.45) is 0 Å². The van der Waals surface area contributed by atoms with Gasteiger partial charge in [-0.1, -0.05) is 92.8 Å². The Morgan fingerprint density at radius 3 is 1.83 bits per heavy atom. The molecule has 3 aromatic carbocycles. The van der Waals surface area contributed by atoms with E-state index in [-0.39, 0.29) is 24.0 Å². The molecule has 2 aliphatic rings. The van der Waals surface area contributed by atoms with E-state index >= 15 is 0 Å². The van der Waals surface area contributed by atoms with Gasteiger partial charge in [-0.25, -0.2) is 4.79 Å². The van der Waals surface area contributed by atoms with Gasteiger partial charge in [0.15, 0.2) is 0 Å². The minimum absolute atomic E-state index is 0.0505. The van der Waals surface area contributed by atoms with Gasteiger partial charge in [-0.2, -0.15) is 0 Å². The van der Waals surface area contributed by atoms with Gasteiger partial charge in [0, 0.05) is 25.2 Å². The molecule has 3 aromatic rings. The molecule has 0 bridgehead atoms. The molecule has 7 nitrogen and oxygen atoms in total. The quantitative estimate of drug-likeness (QED) is 0.172. The van der Waals surface area contributed by atoms with Crippen molar-refractivity contribution >= 4 is 23.6 Å². The summed E-state index contributed by atoms with van der Waals surface area (Å²) in [7, 11) is 0. The van der Waals surface area contributed by atoms with E-state index in [0.29, 0.717) is 17.7 Å². The zero-order chi connectivity index (χ0) is 29.1. The third-order valence-corrected chi connectivity index (χ3v) is 8.29. The Hall–Kier alpha value is -3.97. The number of fused-ring (bicyclic) bond motifs is 1. The lowest BCUT2D eigenvalue weighted by atomic mass is 10.0. The number of carbonyl (C=O) groups is 3. The van der Waals surface area contributed by atoms with Crippen molar-refractivity contribution < 1.29 is 19.1 Å². The highest BCUT2D eigenvalue weighted by Crippen LogP contribution is 2.28. The van der Waals surface area contributed by atoms with E-state index in [0.717, 1.165) is 68.6 Å². The maximum atomic E-state index is 12.6. The number of nitrogens with one attached hydrogen (secondary N) is 1. The number of anilines is 1. The van der Waals surface area contributed by atoms with Gasteiger partial charge in [-0.3, -0.25) is 19.8 Å². The largest absolute Gasteiger partial charge is 0.446 e. The molecule has 0 spiro atoms. The zero-order valence-corrected chi connectivity index (χ0v) is 24.3. The summed E-state index contributed by atoms with van der Waals surface area (Å²) in [6.07, 6.45) is 9.08. The number of ether oxygens (including phenoxy) is 1. The number of para-hydroxylation sites is 1. The molecular weight excluding hydrogens is 526 g/mol. The van der Waals surface area contributed by atoms with Crippen LogP contribution in [0.5, 0.6) is 0 Å². The Bertz CT molecular complexity index is 1320. The van der Waals surface area contributed by atoms with E-state index in [1.807, 2.05) is 54.6 Å². The molecule has 0 atom stereocenters. The molecule has 220 valence electrons. The number of benzene rings is 3. The lowest BCUT2D eigenvalue weighted by molar-refractivity contribution is 0.0584. The fraction of sp³-hybridized carbons (Fsp3) is 0.400. The van der Waals surface area contributed by atoms with Crippen LogP contribution in [-0.4, -0.2) is 60.0 Å². The number of carbonyl (C=O) groups excluding carboxylic acids is 3. The first-order chi connectivity index (χ1) is 20.6. The Labute approximate surface area is 248 Å². The maximum Gasteiger partial charge on any atom is 0.411 e. The van der Waals surface area contributed by atoms with Crippen LogP contribution in [0.15, 0.2) is 78.9 Å². The number of nitrogens with zero attached hydrogens (tertiary/aromatic N) is 2. The lowest BCUT2D eigenvalue weighted by Gasteiger charge is -2.31. The van der Waals surface area contributed by atoms with Gasteiger partial charge in [-0.05, 0) is 56.0 Å². The van der Waals surface area contributed by atoms with Crippen LogP contribution in [-0.2, 0) is 4.74 Å². The molecule has 0 saturated carbocycles. The molecule has 7 heteroatoms. The Morgan fingerprint density at radius 2 is 1.19 bits per heavy atom. The van der Waals surface area contributed by atoms with Crippen LogP contribution < -0.4 is 5.32 Å². The first-order valence-electron chi connectivity index (χ1n) is 15.4. The molecule has 0 aromatic heterocycles. The van der Waals surface area contributed by atoms with Crippen LogP contribution in [0, 0.1) is 0 Å². The summed E-state index contributed by atoms with van der Waals surface area (Å²) >= 11 is 0. The molecule has 5 rings (SSSR count). The second-order valence-electron chi connectivity index (χ2n) is 11.3. The summed E-state index contributed by atoms with van der Waals surface area (Å²) in [4.78, 5) is 41.4. The lowest BCUT2D eigenvalue weighted by Crippen LogP contribution is -2.38. The van der Waals surface area contributed by atoms with Crippen molar-refractivity contribution in [3.05, 3.63) is 90.0 Å². The molecule has 42 heavy (non-hydrogen) atoms. The van der Waals surface area contributed by atoms with Gasteiger partial charge in [-0.15, -0.1) is 0 Å². The molecule has 1 fully saturated rings. The SMILES string of the molecule is O=C(Nc1ccccc1-c1ccccc1)OC1CCN(CCCCCCCCCN2C(=O)c3ccccc3C2=O)CC1. The van der Waals surface area contributed by atoms with E-state index in [1.165, 1.54) is 30.6 Å². The Kier molecular flexibility index (Phi) is 10.4. The van der Waals surface area contributed by atoms with Crippen molar-refractivity contribution in [3.63, 3.8) is 0 Å². The van der Waals surface area contributed by atoms with Crippen LogP contribution in [0.2, 0.25) is 0 Å². The highest BCUT2D eigenvalue weighted by molar-refractivity contribution is 6.21. The fourth-order valence-electron chi connectivity index (χ4n) is 5.93. The molecule has 0 aliphatic carbocycles. The van der Waals surface area contributed by atoms with Gasteiger partial charge in [0.05, 0.1) is 16.8 Å². The highest BCUT2D eigenvalue weighted by Gasteiger charge is 2.34. The normalized spacial score (nSPS) is 15.6. The van der Waals surface area contributed by atoms with Crippen molar-refractivity contribution in [1.82, 2.24) is 9.80 Å². The highest BCUT2D eigenvalue weighted by atomic mass is 16.6. The third kappa shape index (κ3) is 7.65. The molecule has 2 aliphatic heterocycles.